The van der Waals surface area contributed by atoms with Crippen molar-refractivity contribution in [3.8, 4) is 0 Å². The third-order valence-corrected chi connectivity index (χ3v) is 4.95. The lowest BCUT2D eigenvalue weighted by molar-refractivity contribution is 0.593. The minimum atomic E-state index is -3.85. The summed E-state index contributed by atoms with van der Waals surface area (Å²) < 4.78 is 41.0. The topological polar surface area (TPSA) is 59.1 Å². The normalized spacial score (nSPS) is 11.4. The van der Waals surface area contributed by atoms with Crippen LogP contribution in [0.5, 0.6) is 0 Å². The van der Waals surface area contributed by atoms with E-state index in [1.807, 2.05) is 0 Å². The van der Waals surface area contributed by atoms with Crippen LogP contribution in [0.2, 0.25) is 0 Å². The molecule has 1 heterocycles. The number of rotatable bonds is 3. The summed E-state index contributed by atoms with van der Waals surface area (Å²) in [5.41, 5.74) is 0.858. The summed E-state index contributed by atoms with van der Waals surface area (Å²) >= 11 is 6.17. The average molecular weight is 424 g/mol. The van der Waals surface area contributed by atoms with E-state index in [-0.39, 0.29) is 9.37 Å². The average Bonchev–Trinajstić information content (AvgIpc) is 2.36. The minimum Gasteiger partial charge on any atom is -0.278 e. The summed E-state index contributed by atoms with van der Waals surface area (Å²) in [5.74, 6) is -0.640. The number of anilines is 1. The molecule has 1 aromatic carbocycles. The van der Waals surface area contributed by atoms with Crippen LogP contribution in [0.15, 0.2) is 44.3 Å². The van der Waals surface area contributed by atoms with Crippen molar-refractivity contribution in [1.29, 1.82) is 0 Å². The minimum absolute atomic E-state index is 0.152. The molecule has 1 N–H and O–H groups in total. The van der Waals surface area contributed by atoms with Gasteiger partial charge < -0.3 is 0 Å². The van der Waals surface area contributed by atoms with Gasteiger partial charge in [0.2, 0.25) is 0 Å². The Hall–Kier alpha value is -0.990. The van der Waals surface area contributed by atoms with Crippen molar-refractivity contribution in [2.45, 2.75) is 11.8 Å². The van der Waals surface area contributed by atoms with Gasteiger partial charge in [0.15, 0.2) is 0 Å². The van der Waals surface area contributed by atoms with Gasteiger partial charge in [0.25, 0.3) is 10.0 Å². The second-order valence-corrected chi connectivity index (χ2v) is 7.30. The van der Waals surface area contributed by atoms with E-state index in [1.54, 1.807) is 19.1 Å². The van der Waals surface area contributed by atoms with E-state index >= 15 is 0 Å². The Morgan fingerprint density at radius 2 is 1.90 bits per heavy atom. The Balaban J connectivity index is 2.38. The number of hydrogen-bond donors (Lipinski definition) is 1. The Bertz CT molecular complexity index is 766. The van der Waals surface area contributed by atoms with Crippen LogP contribution in [-0.4, -0.2) is 13.4 Å². The van der Waals surface area contributed by atoms with E-state index in [0.717, 1.165) is 6.07 Å². The molecule has 0 fully saturated rings. The van der Waals surface area contributed by atoms with Gasteiger partial charge in [-0.2, -0.15) is 0 Å². The predicted octanol–water partition coefficient (Wildman–Crippen LogP) is 3.85. The summed E-state index contributed by atoms with van der Waals surface area (Å²) in [7, 11) is -3.85. The fraction of sp³-hybridized carbons (Fsp3) is 0.0833. The predicted molar refractivity (Wildman–Crippen MR) is 81.6 cm³/mol. The first kappa shape index (κ1) is 15.4. The number of sulfonamides is 1. The molecule has 0 aliphatic carbocycles. The first-order valence-electron chi connectivity index (χ1n) is 5.40. The molecule has 2 aromatic rings. The molecule has 8 heteroatoms. The van der Waals surface area contributed by atoms with Gasteiger partial charge in [0, 0.05) is 0 Å². The van der Waals surface area contributed by atoms with Crippen molar-refractivity contribution in [1.82, 2.24) is 4.98 Å². The number of hydrogen-bond acceptors (Lipinski definition) is 3. The lowest BCUT2D eigenvalue weighted by Gasteiger charge is -2.10. The van der Waals surface area contributed by atoms with E-state index in [1.165, 1.54) is 12.1 Å². The van der Waals surface area contributed by atoms with Gasteiger partial charge in [-0.3, -0.25) is 4.72 Å². The lowest BCUT2D eigenvalue weighted by atomic mass is 10.3. The van der Waals surface area contributed by atoms with Crippen LogP contribution in [0.3, 0.4) is 0 Å². The van der Waals surface area contributed by atoms with Crippen LogP contribution in [0, 0.1) is 12.7 Å². The Labute approximate surface area is 132 Å². The standard InChI is InChI=1S/C12H9Br2FN2O2S/c1-7-11(4-5-12(14)16-7)17-20(18,19)8-2-3-9(13)10(15)6-8/h2-6,17H,1H3. The van der Waals surface area contributed by atoms with Gasteiger partial charge in [0.1, 0.15) is 10.4 Å². The van der Waals surface area contributed by atoms with Gasteiger partial charge in [-0.15, -0.1) is 0 Å². The molecule has 0 saturated heterocycles. The monoisotopic (exact) mass is 422 g/mol. The number of aryl methyl sites for hydroxylation is 1. The quantitative estimate of drug-likeness (QED) is 0.762. The van der Waals surface area contributed by atoms with Crippen LogP contribution < -0.4 is 4.72 Å². The molecule has 0 spiro atoms. The van der Waals surface area contributed by atoms with Crippen molar-refractivity contribution in [2.24, 2.45) is 0 Å². The van der Waals surface area contributed by atoms with Crippen LogP contribution >= 0.6 is 31.9 Å². The van der Waals surface area contributed by atoms with E-state index in [4.69, 9.17) is 0 Å². The van der Waals surface area contributed by atoms with Crippen LogP contribution in [0.25, 0.3) is 0 Å². The highest BCUT2D eigenvalue weighted by atomic mass is 79.9. The maximum absolute atomic E-state index is 13.4. The highest BCUT2D eigenvalue weighted by Crippen LogP contribution is 2.23. The molecule has 0 amide bonds. The van der Waals surface area contributed by atoms with Crippen molar-refractivity contribution < 1.29 is 12.8 Å². The van der Waals surface area contributed by atoms with E-state index in [2.05, 4.69) is 41.6 Å². The summed E-state index contributed by atoms with van der Waals surface area (Å²) in [6.07, 6.45) is 0. The molecule has 0 atom stereocenters. The molecular weight excluding hydrogens is 415 g/mol. The Morgan fingerprint density at radius 1 is 1.20 bits per heavy atom. The molecular formula is C12H9Br2FN2O2S. The molecule has 4 nitrogen and oxygen atoms in total. The number of pyridine rings is 1. The number of halogens is 3. The molecule has 0 radical (unpaired) electrons. The number of aromatic nitrogens is 1. The Kier molecular flexibility index (Phi) is 4.46. The number of benzene rings is 1. The van der Waals surface area contributed by atoms with Gasteiger partial charge >= 0.3 is 0 Å². The number of nitrogens with zero attached hydrogens (tertiary/aromatic N) is 1. The summed E-state index contributed by atoms with van der Waals surface area (Å²) in [6.45, 7) is 1.67. The SMILES string of the molecule is Cc1nc(Br)ccc1NS(=O)(=O)c1ccc(Br)c(F)c1. The summed E-state index contributed by atoms with van der Waals surface area (Å²) in [4.78, 5) is 3.94. The van der Waals surface area contributed by atoms with Gasteiger partial charge in [-0.25, -0.2) is 17.8 Å². The van der Waals surface area contributed by atoms with Crippen LogP contribution in [0.1, 0.15) is 5.69 Å². The molecule has 20 heavy (non-hydrogen) atoms. The Morgan fingerprint density at radius 3 is 2.50 bits per heavy atom. The van der Waals surface area contributed by atoms with Crippen LogP contribution in [-0.2, 0) is 10.0 Å². The zero-order chi connectivity index (χ0) is 14.9. The second-order valence-electron chi connectivity index (χ2n) is 3.95. The highest BCUT2D eigenvalue weighted by molar-refractivity contribution is 9.10. The second kappa shape index (κ2) is 5.79. The molecule has 1 aromatic heterocycles. The third-order valence-electron chi connectivity index (χ3n) is 2.50. The summed E-state index contributed by atoms with van der Waals surface area (Å²) in [6, 6.07) is 6.81. The molecule has 106 valence electrons. The fourth-order valence-corrected chi connectivity index (χ4v) is 3.26. The maximum Gasteiger partial charge on any atom is 0.262 e. The largest absolute Gasteiger partial charge is 0.278 e. The zero-order valence-electron chi connectivity index (χ0n) is 10.2. The molecule has 2 rings (SSSR count). The van der Waals surface area contributed by atoms with Crippen LogP contribution in [0.4, 0.5) is 10.1 Å². The fourth-order valence-electron chi connectivity index (χ4n) is 1.49. The zero-order valence-corrected chi connectivity index (χ0v) is 14.2. The van der Waals surface area contributed by atoms with Gasteiger partial charge in [-0.05, 0) is 69.1 Å². The van der Waals surface area contributed by atoms with Crippen molar-refractivity contribution >= 4 is 47.6 Å². The molecule has 0 unspecified atom stereocenters. The van der Waals surface area contributed by atoms with E-state index < -0.39 is 15.8 Å². The first-order chi connectivity index (χ1) is 9.29. The van der Waals surface area contributed by atoms with Crippen molar-refractivity contribution in [3.63, 3.8) is 0 Å². The van der Waals surface area contributed by atoms with Gasteiger partial charge in [0.05, 0.1) is 20.7 Å². The van der Waals surface area contributed by atoms with Crippen molar-refractivity contribution in [3.05, 3.63) is 50.9 Å². The summed E-state index contributed by atoms with van der Waals surface area (Å²) in [5, 5.41) is 0. The highest BCUT2D eigenvalue weighted by Gasteiger charge is 2.17. The number of nitrogens with one attached hydrogen (secondary N) is 1. The first-order valence-corrected chi connectivity index (χ1v) is 8.47. The molecule has 0 aliphatic rings. The third kappa shape index (κ3) is 3.36. The molecule has 0 saturated carbocycles. The van der Waals surface area contributed by atoms with Crippen molar-refractivity contribution in [2.75, 3.05) is 4.72 Å². The van der Waals surface area contributed by atoms with E-state index in [0.29, 0.717) is 16.0 Å². The smallest absolute Gasteiger partial charge is 0.262 e. The molecule has 0 bridgehead atoms. The lowest BCUT2D eigenvalue weighted by Crippen LogP contribution is -2.14. The van der Waals surface area contributed by atoms with Gasteiger partial charge in [-0.1, -0.05) is 0 Å². The van der Waals surface area contributed by atoms with E-state index in [9.17, 15) is 12.8 Å². The molecule has 0 aliphatic heterocycles. The maximum atomic E-state index is 13.4.